The Kier molecular flexibility index (Phi) is 5.11. The Balaban J connectivity index is 1.72. The number of carbonyl (C=O) groups is 1. The number of carbonyl (C=O) groups excluding carboxylic acids is 1. The molecule has 2 aromatic heterocycles. The van der Waals surface area contributed by atoms with Crippen molar-refractivity contribution in [3.05, 3.63) is 71.8 Å². The van der Waals surface area contributed by atoms with Crippen molar-refractivity contribution in [1.29, 1.82) is 0 Å². The second-order valence-electron chi connectivity index (χ2n) is 6.97. The van der Waals surface area contributed by atoms with Crippen molar-refractivity contribution in [2.75, 3.05) is 12.3 Å². The number of nitrogen functional groups attached to an aromatic ring is 1. The highest BCUT2D eigenvalue weighted by Crippen LogP contribution is 2.38. The van der Waals surface area contributed by atoms with Gasteiger partial charge in [-0.1, -0.05) is 18.2 Å². The van der Waals surface area contributed by atoms with E-state index in [1.54, 1.807) is 29.3 Å². The van der Waals surface area contributed by atoms with E-state index in [4.69, 9.17) is 5.73 Å². The van der Waals surface area contributed by atoms with Crippen LogP contribution >= 0.6 is 0 Å². The lowest BCUT2D eigenvalue weighted by molar-refractivity contribution is -0.137. The summed E-state index contributed by atoms with van der Waals surface area (Å²) < 4.78 is 38.7. The van der Waals surface area contributed by atoms with Crippen molar-refractivity contribution < 1.29 is 18.0 Å². The van der Waals surface area contributed by atoms with E-state index in [1.807, 2.05) is 0 Å². The molecule has 2 N–H and O–H groups in total. The zero-order chi connectivity index (χ0) is 21.3. The molecule has 3 heterocycles. The van der Waals surface area contributed by atoms with Gasteiger partial charge in [-0.3, -0.25) is 9.78 Å². The molecule has 1 fully saturated rings. The third-order valence-corrected chi connectivity index (χ3v) is 5.07. The highest BCUT2D eigenvalue weighted by molar-refractivity contribution is 5.92. The summed E-state index contributed by atoms with van der Waals surface area (Å²) in [4.78, 5) is 27.2. The number of rotatable bonds is 3. The van der Waals surface area contributed by atoms with E-state index in [1.165, 1.54) is 18.3 Å². The van der Waals surface area contributed by atoms with Crippen molar-refractivity contribution in [2.45, 2.75) is 25.1 Å². The Morgan fingerprint density at radius 3 is 2.53 bits per heavy atom. The van der Waals surface area contributed by atoms with Crippen molar-refractivity contribution in [3.63, 3.8) is 0 Å². The van der Waals surface area contributed by atoms with Gasteiger partial charge in [0.15, 0.2) is 0 Å². The van der Waals surface area contributed by atoms with Gasteiger partial charge in [0, 0.05) is 24.5 Å². The fourth-order valence-corrected chi connectivity index (χ4v) is 3.65. The summed E-state index contributed by atoms with van der Waals surface area (Å²) in [6, 6.07) is 9.52. The Morgan fingerprint density at radius 2 is 1.87 bits per heavy atom. The fourth-order valence-electron chi connectivity index (χ4n) is 3.65. The molecule has 154 valence electrons. The lowest BCUT2D eigenvalue weighted by Crippen LogP contribution is -2.32. The molecular formula is C21H18F3N5O. The monoisotopic (exact) mass is 413 g/mol. The first kappa shape index (κ1) is 19.8. The number of hydrogen-bond donors (Lipinski definition) is 1. The third-order valence-electron chi connectivity index (χ3n) is 5.07. The van der Waals surface area contributed by atoms with Crippen LogP contribution in [-0.2, 0) is 6.18 Å². The predicted octanol–water partition coefficient (Wildman–Crippen LogP) is 4.12. The van der Waals surface area contributed by atoms with Crippen LogP contribution in [-0.4, -0.2) is 32.3 Å². The molecule has 0 radical (unpaired) electrons. The van der Waals surface area contributed by atoms with Crippen LogP contribution in [0.15, 0.2) is 54.9 Å². The molecule has 1 aromatic carbocycles. The van der Waals surface area contributed by atoms with E-state index in [-0.39, 0.29) is 17.9 Å². The Morgan fingerprint density at radius 1 is 1.10 bits per heavy atom. The van der Waals surface area contributed by atoms with Gasteiger partial charge in [0.05, 0.1) is 17.3 Å². The summed E-state index contributed by atoms with van der Waals surface area (Å²) in [6.07, 6.45) is 0.0369. The minimum Gasteiger partial charge on any atom is -0.368 e. The van der Waals surface area contributed by atoms with Crippen molar-refractivity contribution in [2.24, 2.45) is 0 Å². The van der Waals surface area contributed by atoms with E-state index >= 15 is 0 Å². The molecule has 30 heavy (non-hydrogen) atoms. The highest BCUT2D eigenvalue weighted by Gasteiger charge is 2.34. The van der Waals surface area contributed by atoms with Gasteiger partial charge in [-0.2, -0.15) is 13.2 Å². The average Bonchev–Trinajstić information content (AvgIpc) is 3.23. The standard InChI is InChI=1S/C21H18F3N5O/c22-21(23,24)14-8-6-13(7-9-14)15-12-27-20(25)28-18(15)17-5-3-11-29(17)19(30)16-4-1-2-10-26-16/h1-2,4,6-10,12,17H,3,5,11H2,(H2,25,27,28). The molecule has 6 nitrogen and oxygen atoms in total. The summed E-state index contributed by atoms with van der Waals surface area (Å²) in [5, 5.41) is 0. The van der Waals surface area contributed by atoms with Gasteiger partial charge in [-0.15, -0.1) is 0 Å². The first-order chi connectivity index (χ1) is 14.3. The molecule has 0 aliphatic carbocycles. The van der Waals surface area contributed by atoms with Crippen LogP contribution in [0.1, 0.15) is 40.6 Å². The number of nitrogens with two attached hydrogens (primary N) is 1. The van der Waals surface area contributed by atoms with Crippen LogP contribution in [0.4, 0.5) is 19.1 Å². The lowest BCUT2D eigenvalue weighted by atomic mass is 9.98. The van der Waals surface area contributed by atoms with Gasteiger partial charge in [-0.25, -0.2) is 9.97 Å². The number of anilines is 1. The number of amides is 1. The minimum absolute atomic E-state index is 0.0396. The van der Waals surface area contributed by atoms with Crippen LogP contribution in [0.3, 0.4) is 0 Å². The molecule has 1 amide bonds. The van der Waals surface area contributed by atoms with Crippen molar-refractivity contribution >= 4 is 11.9 Å². The molecule has 0 spiro atoms. The lowest BCUT2D eigenvalue weighted by Gasteiger charge is -2.25. The van der Waals surface area contributed by atoms with E-state index in [2.05, 4.69) is 15.0 Å². The van der Waals surface area contributed by atoms with Crippen LogP contribution in [0.5, 0.6) is 0 Å². The number of pyridine rings is 1. The van der Waals surface area contributed by atoms with E-state index in [0.717, 1.165) is 18.6 Å². The maximum absolute atomic E-state index is 13.0. The van der Waals surface area contributed by atoms with Crippen LogP contribution in [0.25, 0.3) is 11.1 Å². The topological polar surface area (TPSA) is 85.0 Å². The van der Waals surface area contributed by atoms with Gasteiger partial charge >= 0.3 is 6.18 Å². The molecule has 1 atom stereocenters. The summed E-state index contributed by atoms with van der Waals surface area (Å²) >= 11 is 0. The SMILES string of the molecule is Nc1ncc(-c2ccc(C(F)(F)F)cc2)c(C2CCCN2C(=O)c2ccccn2)n1. The maximum Gasteiger partial charge on any atom is 0.416 e. The Labute approximate surface area is 170 Å². The number of hydrogen-bond acceptors (Lipinski definition) is 5. The number of alkyl halides is 3. The largest absolute Gasteiger partial charge is 0.416 e. The van der Waals surface area contributed by atoms with Crippen LogP contribution < -0.4 is 5.73 Å². The maximum atomic E-state index is 13.0. The third kappa shape index (κ3) is 3.83. The molecule has 1 saturated heterocycles. The van der Waals surface area contributed by atoms with Gasteiger partial charge in [0.25, 0.3) is 5.91 Å². The number of nitrogens with zero attached hydrogens (tertiary/aromatic N) is 4. The fraction of sp³-hybridized carbons (Fsp3) is 0.238. The molecule has 1 aliphatic heterocycles. The molecular weight excluding hydrogens is 395 g/mol. The molecule has 0 saturated carbocycles. The number of benzene rings is 1. The van der Waals surface area contributed by atoms with Gasteiger partial charge in [-0.05, 0) is 42.7 Å². The molecule has 3 aromatic rings. The van der Waals surface area contributed by atoms with E-state index < -0.39 is 11.7 Å². The van der Waals surface area contributed by atoms with Crippen molar-refractivity contribution in [3.8, 4) is 11.1 Å². The molecule has 1 aliphatic rings. The highest BCUT2D eigenvalue weighted by atomic mass is 19.4. The zero-order valence-corrected chi connectivity index (χ0v) is 15.8. The summed E-state index contributed by atoms with van der Waals surface area (Å²) in [6.45, 7) is 0.524. The van der Waals surface area contributed by atoms with E-state index in [9.17, 15) is 18.0 Å². The normalized spacial score (nSPS) is 16.6. The van der Waals surface area contributed by atoms with Gasteiger partial charge < -0.3 is 10.6 Å². The van der Waals surface area contributed by atoms with Crippen LogP contribution in [0.2, 0.25) is 0 Å². The number of aromatic nitrogens is 3. The number of likely N-dealkylation sites (tertiary alicyclic amines) is 1. The van der Waals surface area contributed by atoms with Crippen molar-refractivity contribution in [1.82, 2.24) is 19.9 Å². The molecule has 4 rings (SSSR count). The molecule has 9 heteroatoms. The van der Waals surface area contributed by atoms with E-state index in [0.29, 0.717) is 35.5 Å². The quantitative estimate of drug-likeness (QED) is 0.698. The first-order valence-corrected chi connectivity index (χ1v) is 9.36. The molecule has 0 bridgehead atoms. The second kappa shape index (κ2) is 7.74. The summed E-state index contributed by atoms with van der Waals surface area (Å²) in [5.74, 6) is -0.188. The smallest absolute Gasteiger partial charge is 0.368 e. The zero-order valence-electron chi connectivity index (χ0n) is 15.8. The van der Waals surface area contributed by atoms with Crippen LogP contribution in [0, 0.1) is 0 Å². The second-order valence-corrected chi connectivity index (χ2v) is 6.97. The van der Waals surface area contributed by atoms with Gasteiger partial charge in [0.2, 0.25) is 5.95 Å². The first-order valence-electron chi connectivity index (χ1n) is 9.36. The Bertz CT molecular complexity index is 1050. The molecule has 1 unspecified atom stereocenters. The minimum atomic E-state index is -4.42. The predicted molar refractivity (Wildman–Crippen MR) is 104 cm³/mol. The summed E-state index contributed by atoms with van der Waals surface area (Å²) in [5.41, 5.74) is 6.97. The average molecular weight is 413 g/mol. The Hall–Kier alpha value is -3.49. The number of halogens is 3. The van der Waals surface area contributed by atoms with Gasteiger partial charge in [0.1, 0.15) is 5.69 Å². The summed E-state index contributed by atoms with van der Waals surface area (Å²) in [7, 11) is 0.